The fourth-order valence-electron chi connectivity index (χ4n) is 3.47. The monoisotopic (exact) mass is 262 g/mol. The average molecular weight is 262 g/mol. The van der Waals surface area contributed by atoms with Crippen molar-refractivity contribution in [2.45, 2.75) is 31.8 Å². The zero-order valence-electron chi connectivity index (χ0n) is 11.3. The number of aromatic hydroxyl groups is 2. The third kappa shape index (κ3) is 2.42. The molecular formula is C15H22N2O2. The van der Waals surface area contributed by atoms with Crippen LogP contribution in [-0.2, 0) is 0 Å². The SMILES string of the molecule is CC(c1cc(O)ccc1O)N1C[C@@H]2CCCN[C@@H]2C1. The van der Waals surface area contributed by atoms with Gasteiger partial charge in [-0.2, -0.15) is 0 Å². The van der Waals surface area contributed by atoms with E-state index in [1.54, 1.807) is 12.1 Å². The Morgan fingerprint density at radius 3 is 2.95 bits per heavy atom. The molecular weight excluding hydrogens is 240 g/mol. The number of phenols is 2. The van der Waals surface area contributed by atoms with Crippen LogP contribution in [0.4, 0.5) is 0 Å². The van der Waals surface area contributed by atoms with Gasteiger partial charge in [0.2, 0.25) is 0 Å². The van der Waals surface area contributed by atoms with Crippen LogP contribution in [-0.4, -0.2) is 40.8 Å². The highest BCUT2D eigenvalue weighted by Gasteiger charge is 2.36. The Bertz CT molecular complexity index is 449. The van der Waals surface area contributed by atoms with Gasteiger partial charge in [0, 0.05) is 30.7 Å². The standard InChI is InChI=1S/C15H22N2O2/c1-10(13-7-12(18)4-5-15(13)19)17-8-11-3-2-6-16-14(11)9-17/h4-5,7,10-11,14,16,18-19H,2-3,6,8-9H2,1H3/t10?,11-,14+/m0/s1. The largest absolute Gasteiger partial charge is 0.508 e. The molecule has 2 saturated heterocycles. The van der Waals surface area contributed by atoms with Crippen molar-refractivity contribution in [3.05, 3.63) is 23.8 Å². The molecule has 4 heteroatoms. The van der Waals surface area contributed by atoms with E-state index in [0.29, 0.717) is 6.04 Å². The van der Waals surface area contributed by atoms with Crippen LogP contribution in [0.1, 0.15) is 31.4 Å². The van der Waals surface area contributed by atoms with Crippen molar-refractivity contribution in [3.8, 4) is 11.5 Å². The van der Waals surface area contributed by atoms with Crippen molar-refractivity contribution < 1.29 is 10.2 Å². The van der Waals surface area contributed by atoms with E-state index in [-0.39, 0.29) is 17.5 Å². The Labute approximate surface area is 114 Å². The molecule has 1 aromatic carbocycles. The first-order valence-corrected chi connectivity index (χ1v) is 7.14. The van der Waals surface area contributed by atoms with E-state index in [2.05, 4.69) is 17.1 Å². The smallest absolute Gasteiger partial charge is 0.120 e. The number of phenolic OH excluding ortho intramolecular Hbond substituents is 2. The lowest BCUT2D eigenvalue weighted by molar-refractivity contribution is 0.245. The first-order chi connectivity index (χ1) is 9.15. The maximum atomic E-state index is 9.97. The van der Waals surface area contributed by atoms with E-state index in [0.717, 1.165) is 31.1 Å². The van der Waals surface area contributed by atoms with Gasteiger partial charge in [-0.1, -0.05) is 0 Å². The van der Waals surface area contributed by atoms with Gasteiger partial charge >= 0.3 is 0 Å². The molecule has 2 aliphatic rings. The van der Waals surface area contributed by atoms with Gasteiger partial charge in [0.1, 0.15) is 11.5 Å². The van der Waals surface area contributed by atoms with Crippen LogP contribution in [0.3, 0.4) is 0 Å². The fraction of sp³-hybridized carbons (Fsp3) is 0.600. The van der Waals surface area contributed by atoms with Crippen molar-refractivity contribution in [2.75, 3.05) is 19.6 Å². The Kier molecular flexibility index (Phi) is 3.37. The molecule has 2 fully saturated rings. The molecule has 2 aliphatic heterocycles. The van der Waals surface area contributed by atoms with Crippen LogP contribution in [0.5, 0.6) is 11.5 Å². The van der Waals surface area contributed by atoms with Crippen LogP contribution < -0.4 is 5.32 Å². The summed E-state index contributed by atoms with van der Waals surface area (Å²) in [6.45, 7) is 5.33. The summed E-state index contributed by atoms with van der Waals surface area (Å²) in [5.41, 5.74) is 0.818. The quantitative estimate of drug-likeness (QED) is 0.712. The summed E-state index contributed by atoms with van der Waals surface area (Å²) >= 11 is 0. The van der Waals surface area contributed by atoms with Crippen LogP contribution in [0, 0.1) is 5.92 Å². The normalized spacial score (nSPS) is 29.1. The number of piperidine rings is 1. The number of benzene rings is 1. The third-order valence-electron chi connectivity index (χ3n) is 4.64. The summed E-state index contributed by atoms with van der Waals surface area (Å²) in [5.74, 6) is 1.22. The van der Waals surface area contributed by atoms with Crippen LogP contribution in [0.2, 0.25) is 0 Å². The molecule has 3 atom stereocenters. The van der Waals surface area contributed by atoms with Crippen molar-refractivity contribution in [3.63, 3.8) is 0 Å². The van der Waals surface area contributed by atoms with Crippen molar-refractivity contribution in [2.24, 2.45) is 5.92 Å². The van der Waals surface area contributed by atoms with Crippen LogP contribution >= 0.6 is 0 Å². The maximum absolute atomic E-state index is 9.97. The average Bonchev–Trinajstić information content (AvgIpc) is 2.84. The summed E-state index contributed by atoms with van der Waals surface area (Å²) in [7, 11) is 0. The van der Waals surface area contributed by atoms with E-state index < -0.39 is 0 Å². The Hall–Kier alpha value is -1.26. The summed E-state index contributed by atoms with van der Waals surface area (Å²) in [6.07, 6.45) is 2.56. The highest BCUT2D eigenvalue weighted by Crippen LogP contribution is 2.35. The zero-order valence-corrected chi connectivity index (χ0v) is 11.3. The Morgan fingerprint density at radius 1 is 1.32 bits per heavy atom. The molecule has 19 heavy (non-hydrogen) atoms. The van der Waals surface area contributed by atoms with Gasteiger partial charge < -0.3 is 15.5 Å². The molecule has 3 rings (SSSR count). The molecule has 0 saturated carbocycles. The summed E-state index contributed by atoms with van der Waals surface area (Å²) in [4.78, 5) is 2.40. The van der Waals surface area contributed by atoms with Gasteiger partial charge in [-0.25, -0.2) is 0 Å². The van der Waals surface area contributed by atoms with Crippen LogP contribution in [0.25, 0.3) is 0 Å². The van der Waals surface area contributed by atoms with E-state index >= 15 is 0 Å². The lowest BCUT2D eigenvalue weighted by Crippen LogP contribution is -2.40. The number of rotatable bonds is 2. The van der Waals surface area contributed by atoms with Gasteiger partial charge in [-0.3, -0.25) is 4.90 Å². The second-order valence-electron chi connectivity index (χ2n) is 5.84. The molecule has 1 unspecified atom stereocenters. The van der Waals surface area contributed by atoms with E-state index in [1.807, 2.05) is 0 Å². The van der Waals surface area contributed by atoms with Crippen molar-refractivity contribution in [1.29, 1.82) is 0 Å². The van der Waals surface area contributed by atoms with Gasteiger partial charge in [0.05, 0.1) is 0 Å². The molecule has 4 nitrogen and oxygen atoms in total. The highest BCUT2D eigenvalue weighted by molar-refractivity contribution is 5.40. The van der Waals surface area contributed by atoms with Crippen molar-refractivity contribution in [1.82, 2.24) is 10.2 Å². The Balaban J connectivity index is 1.77. The van der Waals surface area contributed by atoms with Gasteiger partial charge in [0.25, 0.3) is 0 Å². The van der Waals surface area contributed by atoms with Gasteiger partial charge in [-0.05, 0) is 50.4 Å². The molecule has 0 bridgehead atoms. The lowest BCUT2D eigenvalue weighted by atomic mass is 9.94. The number of nitrogens with zero attached hydrogens (tertiary/aromatic N) is 1. The predicted molar refractivity (Wildman–Crippen MR) is 74.3 cm³/mol. The summed E-state index contributed by atoms with van der Waals surface area (Å²) in [6, 6.07) is 5.50. The third-order valence-corrected chi connectivity index (χ3v) is 4.64. The number of likely N-dealkylation sites (tertiary alicyclic amines) is 1. The number of hydrogen-bond acceptors (Lipinski definition) is 4. The first-order valence-electron chi connectivity index (χ1n) is 7.14. The lowest BCUT2D eigenvalue weighted by Gasteiger charge is -2.25. The van der Waals surface area contributed by atoms with Gasteiger partial charge in [0.15, 0.2) is 0 Å². The van der Waals surface area contributed by atoms with Gasteiger partial charge in [-0.15, -0.1) is 0 Å². The highest BCUT2D eigenvalue weighted by atomic mass is 16.3. The summed E-state index contributed by atoms with van der Waals surface area (Å²) in [5, 5.41) is 23.2. The Morgan fingerprint density at radius 2 is 2.16 bits per heavy atom. The first kappa shape index (κ1) is 12.8. The van der Waals surface area contributed by atoms with E-state index in [9.17, 15) is 10.2 Å². The number of fused-ring (bicyclic) bond motifs is 1. The van der Waals surface area contributed by atoms with Crippen molar-refractivity contribution >= 4 is 0 Å². The topological polar surface area (TPSA) is 55.7 Å². The predicted octanol–water partition coefficient (Wildman–Crippen LogP) is 1.84. The minimum Gasteiger partial charge on any atom is -0.508 e. The zero-order chi connectivity index (χ0) is 13.4. The molecule has 0 amide bonds. The molecule has 0 aromatic heterocycles. The fourth-order valence-corrected chi connectivity index (χ4v) is 3.47. The van der Waals surface area contributed by atoms with Crippen LogP contribution in [0.15, 0.2) is 18.2 Å². The second kappa shape index (κ2) is 5.02. The molecule has 2 heterocycles. The minimum atomic E-state index is 0.138. The maximum Gasteiger partial charge on any atom is 0.120 e. The molecule has 3 N–H and O–H groups in total. The van der Waals surface area contributed by atoms with E-state index in [1.165, 1.54) is 18.9 Å². The summed E-state index contributed by atoms with van der Waals surface area (Å²) < 4.78 is 0. The molecule has 0 aliphatic carbocycles. The molecule has 0 spiro atoms. The molecule has 1 aromatic rings. The number of nitrogens with one attached hydrogen (secondary N) is 1. The number of hydrogen-bond donors (Lipinski definition) is 3. The molecule has 104 valence electrons. The van der Waals surface area contributed by atoms with E-state index in [4.69, 9.17) is 0 Å². The second-order valence-corrected chi connectivity index (χ2v) is 5.84. The minimum absolute atomic E-state index is 0.138. The molecule has 0 radical (unpaired) electrons.